The maximum absolute atomic E-state index is 10.8. The molecule has 70 valence electrons. The molecule has 1 unspecified atom stereocenters. The van der Waals surface area contributed by atoms with Crippen LogP contribution in [0.2, 0.25) is 0 Å². The van der Waals surface area contributed by atoms with Gasteiger partial charge in [0.05, 0.1) is 0 Å². The smallest absolute Gasteiger partial charge is 0.326 e. The van der Waals surface area contributed by atoms with Crippen molar-refractivity contribution in [2.24, 2.45) is 0 Å². The first-order valence-corrected chi connectivity index (χ1v) is 3.63. The highest BCUT2D eigenvalue weighted by molar-refractivity contribution is 5.84. The van der Waals surface area contributed by atoms with Crippen LogP contribution in [0.1, 0.15) is 13.3 Å². The zero-order valence-corrected chi connectivity index (χ0v) is 7.16. The van der Waals surface area contributed by atoms with Crippen LogP contribution in [0.4, 0.5) is 0 Å². The third kappa shape index (κ3) is 3.92. The SMILES string of the molecule is CCC(NC(=O)COC)C(=O)O. The third-order valence-corrected chi connectivity index (χ3v) is 1.32. The molecule has 1 atom stereocenters. The van der Waals surface area contributed by atoms with Crippen molar-refractivity contribution in [2.45, 2.75) is 19.4 Å². The molecule has 12 heavy (non-hydrogen) atoms. The Morgan fingerprint density at radius 2 is 2.17 bits per heavy atom. The number of carbonyl (C=O) groups excluding carboxylic acids is 1. The van der Waals surface area contributed by atoms with Gasteiger partial charge in [0, 0.05) is 7.11 Å². The van der Waals surface area contributed by atoms with E-state index in [4.69, 9.17) is 5.11 Å². The number of carbonyl (C=O) groups is 2. The molecule has 0 spiro atoms. The minimum Gasteiger partial charge on any atom is -0.480 e. The van der Waals surface area contributed by atoms with E-state index in [-0.39, 0.29) is 6.61 Å². The predicted molar refractivity (Wildman–Crippen MR) is 41.7 cm³/mol. The summed E-state index contributed by atoms with van der Waals surface area (Å²) >= 11 is 0. The highest BCUT2D eigenvalue weighted by Gasteiger charge is 2.16. The highest BCUT2D eigenvalue weighted by atomic mass is 16.5. The number of amides is 1. The summed E-state index contributed by atoms with van der Waals surface area (Å²) in [6, 6.07) is -0.812. The lowest BCUT2D eigenvalue weighted by Crippen LogP contribution is -2.41. The number of nitrogens with one attached hydrogen (secondary N) is 1. The molecule has 1 amide bonds. The van der Waals surface area contributed by atoms with Crippen LogP contribution in [0, 0.1) is 0 Å². The van der Waals surface area contributed by atoms with Gasteiger partial charge in [-0.2, -0.15) is 0 Å². The minimum atomic E-state index is -1.03. The standard InChI is InChI=1S/C7H13NO4/c1-3-5(7(10)11)8-6(9)4-12-2/h5H,3-4H2,1-2H3,(H,8,9)(H,10,11). The van der Waals surface area contributed by atoms with Crippen LogP contribution >= 0.6 is 0 Å². The van der Waals surface area contributed by atoms with E-state index in [1.165, 1.54) is 7.11 Å². The van der Waals surface area contributed by atoms with E-state index in [9.17, 15) is 9.59 Å². The van der Waals surface area contributed by atoms with Crippen molar-refractivity contribution >= 4 is 11.9 Å². The number of methoxy groups -OCH3 is 1. The molecule has 0 aliphatic carbocycles. The van der Waals surface area contributed by atoms with Gasteiger partial charge in [-0.05, 0) is 6.42 Å². The summed E-state index contributed by atoms with van der Waals surface area (Å²) < 4.78 is 4.52. The van der Waals surface area contributed by atoms with E-state index in [0.717, 1.165) is 0 Å². The van der Waals surface area contributed by atoms with Gasteiger partial charge in [0.15, 0.2) is 0 Å². The van der Waals surface area contributed by atoms with Crippen molar-refractivity contribution < 1.29 is 19.4 Å². The second kappa shape index (κ2) is 5.54. The molecular formula is C7H13NO4. The van der Waals surface area contributed by atoms with Crippen molar-refractivity contribution in [3.8, 4) is 0 Å². The normalized spacial score (nSPS) is 12.2. The third-order valence-electron chi connectivity index (χ3n) is 1.32. The number of carboxylic acids is 1. The first kappa shape index (κ1) is 10.9. The number of aliphatic carboxylic acids is 1. The van der Waals surface area contributed by atoms with Gasteiger partial charge in [0.1, 0.15) is 12.6 Å². The lowest BCUT2D eigenvalue weighted by atomic mass is 10.2. The van der Waals surface area contributed by atoms with Gasteiger partial charge in [-0.15, -0.1) is 0 Å². The fourth-order valence-corrected chi connectivity index (χ4v) is 0.706. The van der Waals surface area contributed by atoms with Crippen LogP contribution < -0.4 is 5.32 Å². The van der Waals surface area contributed by atoms with Crippen molar-refractivity contribution in [3.63, 3.8) is 0 Å². The quantitative estimate of drug-likeness (QED) is 0.596. The topological polar surface area (TPSA) is 75.6 Å². The number of hydrogen-bond donors (Lipinski definition) is 2. The lowest BCUT2D eigenvalue weighted by molar-refractivity contribution is -0.142. The Kier molecular flexibility index (Phi) is 5.03. The molecule has 0 radical (unpaired) electrons. The maximum atomic E-state index is 10.8. The molecule has 0 heterocycles. The second-order valence-electron chi connectivity index (χ2n) is 2.30. The summed E-state index contributed by atoms with van der Waals surface area (Å²) in [6.07, 6.45) is 0.366. The Balaban J connectivity index is 3.85. The number of rotatable bonds is 5. The molecule has 0 rings (SSSR count). The molecule has 5 nitrogen and oxygen atoms in total. The van der Waals surface area contributed by atoms with Crippen molar-refractivity contribution in [1.82, 2.24) is 5.32 Å². The molecule has 5 heteroatoms. The number of ether oxygens (including phenoxy) is 1. The second-order valence-corrected chi connectivity index (χ2v) is 2.30. The molecule has 0 aromatic heterocycles. The molecule has 0 aromatic carbocycles. The van der Waals surface area contributed by atoms with E-state index in [1.807, 2.05) is 0 Å². The first-order valence-electron chi connectivity index (χ1n) is 3.63. The van der Waals surface area contributed by atoms with Gasteiger partial charge in [-0.3, -0.25) is 4.79 Å². The van der Waals surface area contributed by atoms with Crippen LogP contribution in [0.15, 0.2) is 0 Å². The van der Waals surface area contributed by atoms with E-state index in [2.05, 4.69) is 10.1 Å². The fraction of sp³-hybridized carbons (Fsp3) is 0.714. The molecular weight excluding hydrogens is 162 g/mol. The summed E-state index contributed by atoms with van der Waals surface area (Å²) in [4.78, 5) is 21.2. The summed E-state index contributed by atoms with van der Waals surface area (Å²) in [7, 11) is 1.38. The fourth-order valence-electron chi connectivity index (χ4n) is 0.706. The highest BCUT2D eigenvalue weighted by Crippen LogP contribution is 1.90. The average molecular weight is 175 g/mol. The van der Waals surface area contributed by atoms with Gasteiger partial charge >= 0.3 is 5.97 Å². The van der Waals surface area contributed by atoms with Gasteiger partial charge in [0.2, 0.25) is 5.91 Å². The molecule has 0 bridgehead atoms. The van der Waals surface area contributed by atoms with Gasteiger partial charge < -0.3 is 15.2 Å². The zero-order valence-electron chi connectivity index (χ0n) is 7.16. The van der Waals surface area contributed by atoms with Crippen molar-refractivity contribution in [1.29, 1.82) is 0 Å². The van der Waals surface area contributed by atoms with Crippen LogP contribution in [-0.4, -0.2) is 36.7 Å². The number of carboxylic acid groups (broad SMARTS) is 1. The zero-order chi connectivity index (χ0) is 9.56. The van der Waals surface area contributed by atoms with E-state index in [0.29, 0.717) is 6.42 Å². The molecule has 0 fully saturated rings. The van der Waals surface area contributed by atoms with Crippen LogP contribution in [0.3, 0.4) is 0 Å². The van der Waals surface area contributed by atoms with Crippen LogP contribution in [0.5, 0.6) is 0 Å². The van der Waals surface area contributed by atoms with E-state index >= 15 is 0 Å². The Morgan fingerprint density at radius 1 is 1.58 bits per heavy atom. The van der Waals surface area contributed by atoms with Crippen molar-refractivity contribution in [2.75, 3.05) is 13.7 Å². The molecule has 0 aliphatic heterocycles. The van der Waals surface area contributed by atoms with Gasteiger partial charge in [-0.1, -0.05) is 6.92 Å². The Labute approximate surface area is 70.7 Å². The monoisotopic (exact) mass is 175 g/mol. The molecule has 0 saturated carbocycles. The average Bonchev–Trinajstić information content (AvgIpc) is 2.00. The maximum Gasteiger partial charge on any atom is 0.326 e. The van der Waals surface area contributed by atoms with Crippen LogP contribution in [-0.2, 0) is 14.3 Å². The van der Waals surface area contributed by atoms with E-state index in [1.54, 1.807) is 6.92 Å². The summed E-state index contributed by atoms with van der Waals surface area (Å²) in [5.41, 5.74) is 0. The summed E-state index contributed by atoms with van der Waals surface area (Å²) in [5, 5.41) is 10.8. The largest absolute Gasteiger partial charge is 0.480 e. The molecule has 0 aromatic rings. The Hall–Kier alpha value is -1.10. The minimum absolute atomic E-state index is 0.107. The summed E-state index contributed by atoms with van der Waals surface area (Å²) in [6.45, 7) is 1.58. The Morgan fingerprint density at radius 3 is 2.50 bits per heavy atom. The molecule has 0 saturated heterocycles. The van der Waals surface area contributed by atoms with Crippen LogP contribution in [0.25, 0.3) is 0 Å². The lowest BCUT2D eigenvalue weighted by Gasteiger charge is -2.11. The van der Waals surface area contributed by atoms with Gasteiger partial charge in [0.25, 0.3) is 0 Å². The number of hydrogen-bond acceptors (Lipinski definition) is 3. The first-order chi connectivity index (χ1) is 5.61. The van der Waals surface area contributed by atoms with Gasteiger partial charge in [-0.25, -0.2) is 4.79 Å². The van der Waals surface area contributed by atoms with E-state index < -0.39 is 17.9 Å². The molecule has 2 N–H and O–H groups in total. The molecule has 0 aliphatic rings. The van der Waals surface area contributed by atoms with Crippen molar-refractivity contribution in [3.05, 3.63) is 0 Å². The Bertz CT molecular complexity index is 169. The summed E-state index contributed by atoms with van der Waals surface area (Å²) in [5.74, 6) is -1.44. The predicted octanol–water partition coefficient (Wildman–Crippen LogP) is -0.388.